The second-order valence-corrected chi connectivity index (χ2v) is 8.07. The Hall–Kier alpha value is -1.44. The molecule has 0 radical (unpaired) electrons. The van der Waals surface area contributed by atoms with Gasteiger partial charge in [-0.05, 0) is 30.9 Å². The van der Waals surface area contributed by atoms with Gasteiger partial charge in [0.2, 0.25) is 15.9 Å². The van der Waals surface area contributed by atoms with Crippen molar-refractivity contribution in [1.82, 2.24) is 4.31 Å². The molecule has 2 rings (SSSR count). The number of carbonyl (C=O) groups is 1. The maximum atomic E-state index is 12.5. The van der Waals surface area contributed by atoms with Gasteiger partial charge in [-0.3, -0.25) is 4.79 Å². The monoisotopic (exact) mass is 354 g/mol. The minimum Gasteiger partial charge on any atom is -0.384 e. The fraction of sp³-hybridized carbons (Fsp3) is 0.588. The number of amides is 1. The van der Waals surface area contributed by atoms with Gasteiger partial charge in [-0.25, -0.2) is 12.7 Å². The number of sulfonamides is 1. The smallest absolute Gasteiger partial charge is 0.227 e. The fourth-order valence-electron chi connectivity index (χ4n) is 2.90. The number of para-hydroxylation sites is 1. The number of methoxy groups -OCH3 is 1. The summed E-state index contributed by atoms with van der Waals surface area (Å²) in [5, 5.41) is 2.99. The molecule has 1 saturated heterocycles. The van der Waals surface area contributed by atoms with E-state index in [-0.39, 0.29) is 24.2 Å². The first-order valence-corrected chi connectivity index (χ1v) is 9.94. The van der Waals surface area contributed by atoms with Crippen LogP contribution in [0.1, 0.15) is 25.3 Å². The number of hydrogen-bond acceptors (Lipinski definition) is 4. The van der Waals surface area contributed by atoms with Crippen LogP contribution in [-0.2, 0) is 26.0 Å². The van der Waals surface area contributed by atoms with Crippen LogP contribution >= 0.6 is 0 Å². The van der Waals surface area contributed by atoms with E-state index in [0.29, 0.717) is 25.9 Å². The molecule has 6 nitrogen and oxygen atoms in total. The molecule has 134 valence electrons. The van der Waals surface area contributed by atoms with Gasteiger partial charge in [0.15, 0.2) is 0 Å². The van der Waals surface area contributed by atoms with Gasteiger partial charge in [0.1, 0.15) is 0 Å². The number of rotatable bonds is 7. The van der Waals surface area contributed by atoms with E-state index in [2.05, 4.69) is 5.32 Å². The number of piperidine rings is 1. The SMILES string of the molecule is CCc1ccccc1NC(=O)C1CCN(S(=O)(=O)CCOC)CC1. The molecule has 1 aromatic carbocycles. The Morgan fingerprint density at radius 1 is 1.29 bits per heavy atom. The fourth-order valence-corrected chi connectivity index (χ4v) is 4.30. The van der Waals surface area contributed by atoms with Crippen molar-refractivity contribution in [3.63, 3.8) is 0 Å². The van der Waals surface area contributed by atoms with Gasteiger partial charge < -0.3 is 10.1 Å². The van der Waals surface area contributed by atoms with E-state index in [4.69, 9.17) is 4.74 Å². The average molecular weight is 354 g/mol. The number of carbonyl (C=O) groups excluding carboxylic acids is 1. The first-order chi connectivity index (χ1) is 11.5. The number of aryl methyl sites for hydroxylation is 1. The summed E-state index contributed by atoms with van der Waals surface area (Å²) in [6.07, 6.45) is 1.95. The lowest BCUT2D eigenvalue weighted by molar-refractivity contribution is -0.120. The van der Waals surface area contributed by atoms with Crippen molar-refractivity contribution < 1.29 is 17.9 Å². The largest absolute Gasteiger partial charge is 0.384 e. The number of nitrogens with zero attached hydrogens (tertiary/aromatic N) is 1. The Bertz CT molecular complexity index is 652. The summed E-state index contributed by atoms with van der Waals surface area (Å²) >= 11 is 0. The highest BCUT2D eigenvalue weighted by Gasteiger charge is 2.31. The van der Waals surface area contributed by atoms with Crippen LogP contribution in [0, 0.1) is 5.92 Å². The van der Waals surface area contributed by atoms with E-state index in [1.54, 1.807) is 0 Å². The molecule has 0 aliphatic carbocycles. The number of benzene rings is 1. The summed E-state index contributed by atoms with van der Waals surface area (Å²) in [6.45, 7) is 3.02. The molecule has 7 heteroatoms. The summed E-state index contributed by atoms with van der Waals surface area (Å²) in [6, 6.07) is 7.76. The van der Waals surface area contributed by atoms with E-state index < -0.39 is 10.0 Å². The molecule has 1 heterocycles. The highest BCUT2D eigenvalue weighted by atomic mass is 32.2. The zero-order valence-corrected chi connectivity index (χ0v) is 15.1. The lowest BCUT2D eigenvalue weighted by Gasteiger charge is -2.30. The second kappa shape index (κ2) is 8.60. The van der Waals surface area contributed by atoms with Crippen molar-refractivity contribution in [2.75, 3.05) is 37.9 Å². The minimum absolute atomic E-state index is 0.00968. The molecule has 0 atom stereocenters. The Morgan fingerprint density at radius 3 is 2.58 bits per heavy atom. The second-order valence-electron chi connectivity index (χ2n) is 5.98. The summed E-state index contributed by atoms with van der Waals surface area (Å²) in [7, 11) is -1.80. The van der Waals surface area contributed by atoms with Crippen molar-refractivity contribution in [1.29, 1.82) is 0 Å². The third kappa shape index (κ3) is 4.78. The molecular weight excluding hydrogens is 328 g/mol. The normalized spacial score (nSPS) is 16.9. The molecule has 1 aliphatic rings. The number of hydrogen-bond donors (Lipinski definition) is 1. The molecule has 0 unspecified atom stereocenters. The van der Waals surface area contributed by atoms with E-state index in [9.17, 15) is 13.2 Å². The van der Waals surface area contributed by atoms with Crippen LogP contribution in [-0.4, -0.2) is 51.2 Å². The van der Waals surface area contributed by atoms with Crippen molar-refractivity contribution in [3.8, 4) is 0 Å². The van der Waals surface area contributed by atoms with Gasteiger partial charge >= 0.3 is 0 Å². The lowest BCUT2D eigenvalue weighted by Crippen LogP contribution is -2.42. The van der Waals surface area contributed by atoms with Crippen LogP contribution in [0.3, 0.4) is 0 Å². The topological polar surface area (TPSA) is 75.7 Å². The van der Waals surface area contributed by atoms with Crippen LogP contribution in [0.4, 0.5) is 5.69 Å². The number of ether oxygens (including phenoxy) is 1. The van der Waals surface area contributed by atoms with Gasteiger partial charge in [0.25, 0.3) is 0 Å². The van der Waals surface area contributed by atoms with Crippen molar-refractivity contribution in [2.45, 2.75) is 26.2 Å². The minimum atomic E-state index is -3.29. The third-order valence-corrected chi connectivity index (χ3v) is 6.25. The van der Waals surface area contributed by atoms with Gasteiger partial charge in [-0.2, -0.15) is 0 Å². The molecule has 1 N–H and O–H groups in total. The van der Waals surface area contributed by atoms with Gasteiger partial charge in [-0.1, -0.05) is 25.1 Å². The van der Waals surface area contributed by atoms with Crippen molar-refractivity contribution in [3.05, 3.63) is 29.8 Å². The Kier molecular flexibility index (Phi) is 6.77. The first kappa shape index (κ1) is 18.9. The maximum Gasteiger partial charge on any atom is 0.227 e. The maximum absolute atomic E-state index is 12.5. The van der Waals surface area contributed by atoms with Gasteiger partial charge in [0, 0.05) is 31.8 Å². The molecule has 1 aromatic rings. The molecular formula is C17H26N2O4S. The van der Waals surface area contributed by atoms with Crippen LogP contribution in [0.2, 0.25) is 0 Å². The van der Waals surface area contributed by atoms with E-state index in [0.717, 1.165) is 17.7 Å². The average Bonchev–Trinajstić information content (AvgIpc) is 2.60. The summed E-state index contributed by atoms with van der Waals surface area (Å²) in [5.41, 5.74) is 1.95. The molecule has 0 saturated carbocycles. The molecule has 1 fully saturated rings. The standard InChI is InChI=1S/C17H26N2O4S/c1-3-14-6-4-5-7-16(14)18-17(20)15-8-10-19(11-9-15)24(21,22)13-12-23-2/h4-7,15H,3,8-13H2,1-2H3,(H,18,20). The number of anilines is 1. The van der Waals surface area contributed by atoms with E-state index in [1.165, 1.54) is 11.4 Å². The first-order valence-electron chi connectivity index (χ1n) is 8.33. The zero-order chi connectivity index (χ0) is 17.6. The van der Waals surface area contributed by atoms with E-state index in [1.807, 2.05) is 31.2 Å². The predicted octanol–water partition coefficient (Wildman–Crippen LogP) is 1.88. The Balaban J connectivity index is 1.91. The zero-order valence-electron chi connectivity index (χ0n) is 14.3. The summed E-state index contributed by atoms with van der Waals surface area (Å²) in [5.74, 6) is -0.182. The quantitative estimate of drug-likeness (QED) is 0.811. The Labute approximate surface area is 144 Å². The highest BCUT2D eigenvalue weighted by Crippen LogP contribution is 2.23. The van der Waals surface area contributed by atoms with Crippen molar-refractivity contribution >= 4 is 21.6 Å². The van der Waals surface area contributed by atoms with Crippen LogP contribution in [0.15, 0.2) is 24.3 Å². The van der Waals surface area contributed by atoms with Crippen LogP contribution in [0.25, 0.3) is 0 Å². The summed E-state index contributed by atoms with van der Waals surface area (Å²) in [4.78, 5) is 12.5. The van der Waals surface area contributed by atoms with Gasteiger partial charge in [-0.15, -0.1) is 0 Å². The van der Waals surface area contributed by atoms with Gasteiger partial charge in [0.05, 0.1) is 12.4 Å². The summed E-state index contributed by atoms with van der Waals surface area (Å²) < 4.78 is 30.6. The van der Waals surface area contributed by atoms with Crippen LogP contribution < -0.4 is 5.32 Å². The molecule has 1 amide bonds. The molecule has 1 aliphatic heterocycles. The molecule has 0 spiro atoms. The third-order valence-electron chi connectivity index (χ3n) is 4.42. The Morgan fingerprint density at radius 2 is 1.96 bits per heavy atom. The van der Waals surface area contributed by atoms with Crippen molar-refractivity contribution in [2.24, 2.45) is 5.92 Å². The lowest BCUT2D eigenvalue weighted by atomic mass is 9.97. The highest BCUT2D eigenvalue weighted by molar-refractivity contribution is 7.89. The van der Waals surface area contributed by atoms with Crippen LogP contribution in [0.5, 0.6) is 0 Å². The molecule has 0 bridgehead atoms. The predicted molar refractivity (Wildman–Crippen MR) is 94.4 cm³/mol. The van der Waals surface area contributed by atoms with E-state index >= 15 is 0 Å². The number of nitrogens with one attached hydrogen (secondary N) is 1. The molecule has 24 heavy (non-hydrogen) atoms. The molecule has 0 aromatic heterocycles.